The first kappa shape index (κ1) is 14.5. The van der Waals surface area contributed by atoms with Gasteiger partial charge in [-0.2, -0.15) is 21.3 Å². The Bertz CT molecular complexity index is 858. The van der Waals surface area contributed by atoms with Crippen LogP contribution < -0.4 is 16.0 Å². The number of nitrogens with two attached hydrogens (primary N) is 1. The lowest BCUT2D eigenvalue weighted by Crippen LogP contribution is -2.15. The number of fused-ring (bicyclic) bond motifs is 1. The first-order valence-corrected chi connectivity index (χ1v) is 7.76. The minimum absolute atomic E-state index is 0.172. The van der Waals surface area contributed by atoms with E-state index in [9.17, 15) is 4.79 Å². The number of aromatic amines is 1. The fraction of sp³-hybridized carbons (Fsp3) is 0.214. The number of benzene rings is 1. The van der Waals surface area contributed by atoms with Gasteiger partial charge < -0.3 is 10.5 Å². The average molecular weight is 317 g/mol. The van der Waals surface area contributed by atoms with E-state index in [1.165, 1.54) is 10.6 Å². The molecule has 0 aliphatic carbocycles. The molecule has 1 aromatic carbocycles. The van der Waals surface area contributed by atoms with Crippen molar-refractivity contribution in [2.75, 3.05) is 12.8 Å². The molecule has 0 radical (unpaired) electrons. The van der Waals surface area contributed by atoms with Crippen molar-refractivity contribution in [3.05, 3.63) is 51.9 Å². The zero-order valence-electron chi connectivity index (χ0n) is 11.9. The van der Waals surface area contributed by atoms with Gasteiger partial charge in [-0.25, -0.2) is 4.98 Å². The van der Waals surface area contributed by atoms with Crippen LogP contribution in [-0.2, 0) is 11.5 Å². The van der Waals surface area contributed by atoms with Crippen molar-refractivity contribution in [3.8, 4) is 5.75 Å². The summed E-state index contributed by atoms with van der Waals surface area (Å²) in [5.74, 6) is 2.73. The highest BCUT2D eigenvalue weighted by atomic mass is 32.2. The van der Waals surface area contributed by atoms with E-state index < -0.39 is 0 Å². The second kappa shape index (κ2) is 6.10. The third kappa shape index (κ3) is 3.06. The standard InChI is InChI=1S/C14H15N5O2S/c1-21-11-4-2-3-9(5-11)7-22-8-10-6-12(20)19-14(16-10)17-13(15)18-19/h2-6H,7-8H2,1H3,(H3,15,16,17,18). The number of rotatable bonds is 5. The van der Waals surface area contributed by atoms with Gasteiger partial charge in [0.2, 0.25) is 5.95 Å². The molecule has 2 aromatic heterocycles. The summed E-state index contributed by atoms with van der Waals surface area (Å²) in [6.45, 7) is 0. The highest BCUT2D eigenvalue weighted by Crippen LogP contribution is 2.20. The molecule has 0 atom stereocenters. The Kier molecular flexibility index (Phi) is 4.01. The number of thioether (sulfide) groups is 1. The van der Waals surface area contributed by atoms with Crippen molar-refractivity contribution < 1.29 is 4.74 Å². The molecule has 2 heterocycles. The lowest BCUT2D eigenvalue weighted by atomic mass is 10.2. The number of nitrogen functional groups attached to an aromatic ring is 1. The van der Waals surface area contributed by atoms with Crippen molar-refractivity contribution in [3.63, 3.8) is 0 Å². The predicted molar refractivity (Wildman–Crippen MR) is 86.0 cm³/mol. The summed E-state index contributed by atoms with van der Waals surface area (Å²) >= 11 is 1.67. The number of hydrogen-bond donors (Lipinski definition) is 2. The van der Waals surface area contributed by atoms with Crippen molar-refractivity contribution in [1.29, 1.82) is 0 Å². The summed E-state index contributed by atoms with van der Waals surface area (Å²) in [6.07, 6.45) is 0. The molecular formula is C14H15N5O2S. The van der Waals surface area contributed by atoms with Crippen LogP contribution >= 0.6 is 11.8 Å². The van der Waals surface area contributed by atoms with Crippen molar-refractivity contribution in [2.45, 2.75) is 11.5 Å². The minimum Gasteiger partial charge on any atom is -0.497 e. The molecule has 0 aliphatic heterocycles. The Morgan fingerprint density at radius 3 is 3.00 bits per heavy atom. The Morgan fingerprint density at radius 2 is 2.18 bits per heavy atom. The fourth-order valence-electron chi connectivity index (χ4n) is 2.05. The van der Waals surface area contributed by atoms with E-state index in [0.717, 1.165) is 17.1 Å². The Hall–Kier alpha value is -2.48. The van der Waals surface area contributed by atoms with Crippen molar-refractivity contribution in [2.24, 2.45) is 0 Å². The molecule has 3 rings (SSSR count). The summed E-state index contributed by atoms with van der Waals surface area (Å²) < 4.78 is 6.42. The molecular weight excluding hydrogens is 302 g/mol. The Morgan fingerprint density at radius 1 is 1.32 bits per heavy atom. The van der Waals surface area contributed by atoms with Crippen LogP contribution in [0.15, 0.2) is 35.1 Å². The van der Waals surface area contributed by atoms with E-state index in [1.54, 1.807) is 18.9 Å². The van der Waals surface area contributed by atoms with Gasteiger partial charge in [0, 0.05) is 17.6 Å². The number of aromatic nitrogens is 4. The smallest absolute Gasteiger partial charge is 0.274 e. The first-order chi connectivity index (χ1) is 10.7. The van der Waals surface area contributed by atoms with Gasteiger partial charge in [-0.05, 0) is 17.7 Å². The molecule has 22 heavy (non-hydrogen) atoms. The number of nitrogens with one attached hydrogen (secondary N) is 1. The van der Waals surface area contributed by atoms with Crippen molar-refractivity contribution in [1.82, 2.24) is 19.6 Å². The second-order valence-electron chi connectivity index (χ2n) is 4.67. The largest absolute Gasteiger partial charge is 0.497 e. The van der Waals surface area contributed by atoms with Crippen LogP contribution in [0.25, 0.3) is 5.78 Å². The molecule has 3 N–H and O–H groups in total. The molecule has 0 unspecified atom stereocenters. The lowest BCUT2D eigenvalue weighted by Gasteiger charge is -2.04. The predicted octanol–water partition coefficient (Wildman–Crippen LogP) is 1.44. The zero-order chi connectivity index (χ0) is 15.5. The molecule has 0 aliphatic rings. The summed E-state index contributed by atoms with van der Waals surface area (Å²) in [5.41, 5.74) is 7.16. The van der Waals surface area contributed by atoms with Gasteiger partial charge in [-0.1, -0.05) is 12.1 Å². The molecule has 0 spiro atoms. The SMILES string of the molecule is COc1cccc(CSCc2cc(=O)n3[nH]c(N)nc3n2)c1. The topological polar surface area (TPSA) is 98.3 Å². The maximum Gasteiger partial charge on any atom is 0.274 e. The van der Waals surface area contributed by atoms with Crippen LogP contribution in [-0.4, -0.2) is 26.7 Å². The maximum absolute atomic E-state index is 11.9. The number of H-pyrrole nitrogens is 1. The average Bonchev–Trinajstić information content (AvgIpc) is 2.88. The van der Waals surface area contributed by atoms with Crippen molar-refractivity contribution >= 4 is 23.5 Å². The highest BCUT2D eigenvalue weighted by Gasteiger charge is 2.06. The summed E-state index contributed by atoms with van der Waals surface area (Å²) in [4.78, 5) is 20.2. The quantitative estimate of drug-likeness (QED) is 0.739. The van der Waals surface area contributed by atoms with Crippen LogP contribution in [0.3, 0.4) is 0 Å². The van der Waals surface area contributed by atoms with Crippen LogP contribution in [0.4, 0.5) is 5.95 Å². The van der Waals surface area contributed by atoms with Gasteiger partial charge in [0.1, 0.15) is 5.75 Å². The maximum atomic E-state index is 11.9. The van der Waals surface area contributed by atoms with Gasteiger partial charge >= 0.3 is 0 Å². The van der Waals surface area contributed by atoms with E-state index in [-0.39, 0.29) is 11.5 Å². The number of anilines is 1. The van der Waals surface area contributed by atoms with E-state index in [4.69, 9.17) is 10.5 Å². The summed E-state index contributed by atoms with van der Waals surface area (Å²) in [7, 11) is 1.65. The number of ether oxygens (including phenoxy) is 1. The summed E-state index contributed by atoms with van der Waals surface area (Å²) in [6, 6.07) is 9.38. The lowest BCUT2D eigenvalue weighted by molar-refractivity contribution is 0.414. The van der Waals surface area contributed by atoms with E-state index in [1.807, 2.05) is 24.3 Å². The van der Waals surface area contributed by atoms with Gasteiger partial charge in [-0.15, -0.1) is 0 Å². The molecule has 0 bridgehead atoms. The minimum atomic E-state index is -0.216. The van der Waals surface area contributed by atoms with Crippen LogP contribution in [0, 0.1) is 0 Å². The third-order valence-electron chi connectivity index (χ3n) is 3.05. The van der Waals surface area contributed by atoms with Gasteiger partial charge in [0.15, 0.2) is 0 Å². The van der Waals surface area contributed by atoms with Crippen LogP contribution in [0.1, 0.15) is 11.3 Å². The molecule has 7 nitrogen and oxygen atoms in total. The second-order valence-corrected chi connectivity index (χ2v) is 5.66. The third-order valence-corrected chi connectivity index (χ3v) is 4.09. The van der Waals surface area contributed by atoms with E-state index in [0.29, 0.717) is 17.2 Å². The number of methoxy groups -OCH3 is 1. The summed E-state index contributed by atoms with van der Waals surface area (Å²) in [5, 5.41) is 2.64. The number of nitrogens with zero attached hydrogens (tertiary/aromatic N) is 3. The molecule has 0 fully saturated rings. The van der Waals surface area contributed by atoms with Gasteiger partial charge in [-0.3, -0.25) is 9.89 Å². The van der Waals surface area contributed by atoms with E-state index in [2.05, 4.69) is 15.1 Å². The Labute approximate surface area is 130 Å². The molecule has 8 heteroatoms. The molecule has 0 amide bonds. The van der Waals surface area contributed by atoms with Crippen LogP contribution in [0.5, 0.6) is 5.75 Å². The fourth-order valence-corrected chi connectivity index (χ4v) is 2.93. The molecule has 0 saturated carbocycles. The molecule has 3 aromatic rings. The first-order valence-electron chi connectivity index (χ1n) is 6.60. The van der Waals surface area contributed by atoms with Gasteiger partial charge in [0.25, 0.3) is 11.3 Å². The number of hydrogen-bond acceptors (Lipinski definition) is 6. The normalized spacial score (nSPS) is 11.0. The molecule has 0 saturated heterocycles. The van der Waals surface area contributed by atoms with E-state index >= 15 is 0 Å². The zero-order valence-corrected chi connectivity index (χ0v) is 12.8. The highest BCUT2D eigenvalue weighted by molar-refractivity contribution is 7.97. The van der Waals surface area contributed by atoms with Crippen LogP contribution in [0.2, 0.25) is 0 Å². The van der Waals surface area contributed by atoms with Gasteiger partial charge in [0.05, 0.1) is 12.8 Å². The Balaban J connectivity index is 1.69. The molecule has 114 valence electrons. The monoisotopic (exact) mass is 317 g/mol.